The third-order valence-electron chi connectivity index (χ3n) is 3.58. The molecule has 0 fully saturated rings. The van der Waals surface area contributed by atoms with Crippen LogP contribution in [0, 0.1) is 13.8 Å². The van der Waals surface area contributed by atoms with E-state index < -0.39 is 23.2 Å². The van der Waals surface area contributed by atoms with E-state index in [-0.39, 0.29) is 11.3 Å². The minimum absolute atomic E-state index is 0.171. The van der Waals surface area contributed by atoms with E-state index in [1.54, 1.807) is 19.9 Å². The fourth-order valence-electron chi connectivity index (χ4n) is 2.28. The molecule has 0 saturated heterocycles. The highest BCUT2D eigenvalue weighted by Crippen LogP contribution is 2.34. The zero-order chi connectivity index (χ0) is 17.4. The van der Waals surface area contributed by atoms with Crippen molar-refractivity contribution >= 4 is 11.6 Å². The number of nitrogens with one attached hydrogen (secondary N) is 1. The molecule has 0 aliphatic carbocycles. The molecule has 1 N–H and O–H groups in total. The lowest BCUT2D eigenvalue weighted by Crippen LogP contribution is -2.30. The van der Waals surface area contributed by atoms with Gasteiger partial charge in [-0.2, -0.15) is 13.2 Å². The number of alkyl halides is 3. The highest BCUT2D eigenvalue weighted by molar-refractivity contribution is 6.05. The molecular formula is C16H15F3N2O2. The summed E-state index contributed by atoms with van der Waals surface area (Å²) in [5, 5.41) is 2.19. The molecule has 0 spiro atoms. The van der Waals surface area contributed by atoms with E-state index in [1.165, 1.54) is 23.7 Å². The number of amides is 1. The minimum atomic E-state index is -4.60. The summed E-state index contributed by atoms with van der Waals surface area (Å²) >= 11 is 0. The molecule has 0 saturated carbocycles. The number of aryl methyl sites for hydroxylation is 2. The second-order valence-electron chi connectivity index (χ2n) is 5.21. The van der Waals surface area contributed by atoms with Crippen molar-refractivity contribution in [1.82, 2.24) is 4.57 Å². The second kappa shape index (κ2) is 5.91. The Balaban J connectivity index is 2.47. The van der Waals surface area contributed by atoms with Crippen molar-refractivity contribution in [3.8, 4) is 0 Å². The number of rotatable bonds is 2. The average Bonchev–Trinajstić information content (AvgIpc) is 2.44. The number of nitrogens with zero attached hydrogens (tertiary/aromatic N) is 1. The van der Waals surface area contributed by atoms with Crippen molar-refractivity contribution in [1.29, 1.82) is 0 Å². The zero-order valence-corrected chi connectivity index (χ0v) is 12.8. The Kier molecular flexibility index (Phi) is 4.31. The van der Waals surface area contributed by atoms with Crippen molar-refractivity contribution in [2.45, 2.75) is 20.0 Å². The van der Waals surface area contributed by atoms with Crippen molar-refractivity contribution in [3.63, 3.8) is 0 Å². The van der Waals surface area contributed by atoms with E-state index >= 15 is 0 Å². The number of carbonyl (C=O) groups excluding carboxylic acids is 1. The first-order valence-electron chi connectivity index (χ1n) is 6.77. The molecule has 2 aromatic rings. The number of aromatic nitrogens is 1. The Hall–Kier alpha value is -2.57. The van der Waals surface area contributed by atoms with Crippen molar-refractivity contribution in [2.75, 3.05) is 5.32 Å². The van der Waals surface area contributed by atoms with Crippen LogP contribution in [0.25, 0.3) is 0 Å². The number of carbonyl (C=O) groups is 1. The largest absolute Gasteiger partial charge is 0.418 e. The summed E-state index contributed by atoms with van der Waals surface area (Å²) < 4.78 is 40.2. The third kappa shape index (κ3) is 3.28. The average molecular weight is 324 g/mol. The molecule has 0 aliphatic heterocycles. The van der Waals surface area contributed by atoms with E-state index in [0.29, 0.717) is 11.3 Å². The monoisotopic (exact) mass is 324 g/mol. The van der Waals surface area contributed by atoms with Gasteiger partial charge in [-0.05, 0) is 37.6 Å². The molecule has 0 aliphatic rings. The van der Waals surface area contributed by atoms with Crippen molar-refractivity contribution in [3.05, 3.63) is 63.1 Å². The van der Waals surface area contributed by atoms with Gasteiger partial charge in [-0.1, -0.05) is 12.1 Å². The van der Waals surface area contributed by atoms with Crippen LogP contribution < -0.4 is 10.9 Å². The molecule has 1 heterocycles. The van der Waals surface area contributed by atoms with Gasteiger partial charge in [0.2, 0.25) is 0 Å². The molecule has 1 aromatic heterocycles. The highest BCUT2D eigenvalue weighted by Gasteiger charge is 2.33. The van der Waals surface area contributed by atoms with Crippen LogP contribution in [0.15, 0.2) is 35.1 Å². The van der Waals surface area contributed by atoms with Crippen LogP contribution in [-0.2, 0) is 13.2 Å². The molecule has 122 valence electrons. The molecule has 0 atom stereocenters. The lowest BCUT2D eigenvalue weighted by molar-refractivity contribution is -0.136. The van der Waals surface area contributed by atoms with Crippen molar-refractivity contribution < 1.29 is 18.0 Å². The molecule has 23 heavy (non-hydrogen) atoms. The standard InChI is InChI=1S/C16H15F3N2O2/c1-9-8-10(2)21(3)15(23)13(9)14(22)20-12-7-5-4-6-11(12)16(17,18)19/h4-8H,1-3H3,(H,20,22). The summed E-state index contributed by atoms with van der Waals surface area (Å²) in [4.78, 5) is 24.5. The van der Waals surface area contributed by atoms with Gasteiger partial charge in [0.25, 0.3) is 11.5 Å². The van der Waals surface area contributed by atoms with Gasteiger partial charge in [0.1, 0.15) is 5.56 Å². The highest BCUT2D eigenvalue weighted by atomic mass is 19.4. The predicted octanol–water partition coefficient (Wildman–Crippen LogP) is 3.27. The van der Waals surface area contributed by atoms with E-state index in [4.69, 9.17) is 0 Å². The minimum Gasteiger partial charge on any atom is -0.321 e. The van der Waals surface area contributed by atoms with Gasteiger partial charge in [0, 0.05) is 12.7 Å². The van der Waals surface area contributed by atoms with E-state index in [0.717, 1.165) is 12.1 Å². The van der Waals surface area contributed by atoms with Crippen LogP contribution in [0.2, 0.25) is 0 Å². The van der Waals surface area contributed by atoms with Crippen LogP contribution in [0.3, 0.4) is 0 Å². The number of hydrogen-bond donors (Lipinski definition) is 1. The summed E-state index contributed by atoms with van der Waals surface area (Å²) in [5.74, 6) is -0.861. The summed E-state index contributed by atoms with van der Waals surface area (Å²) in [6.07, 6.45) is -4.60. The first-order chi connectivity index (χ1) is 10.6. The molecular weight excluding hydrogens is 309 g/mol. The van der Waals surface area contributed by atoms with Crippen LogP contribution in [0.5, 0.6) is 0 Å². The van der Waals surface area contributed by atoms with Gasteiger partial charge in [-0.15, -0.1) is 0 Å². The fourth-order valence-corrected chi connectivity index (χ4v) is 2.28. The Labute approximate surface area is 130 Å². The van der Waals surface area contributed by atoms with Crippen LogP contribution in [-0.4, -0.2) is 10.5 Å². The van der Waals surface area contributed by atoms with E-state index in [9.17, 15) is 22.8 Å². The van der Waals surface area contributed by atoms with Crippen LogP contribution in [0.4, 0.5) is 18.9 Å². The maximum Gasteiger partial charge on any atom is 0.418 e. The molecule has 4 nitrogen and oxygen atoms in total. The Morgan fingerprint density at radius 1 is 1.17 bits per heavy atom. The second-order valence-corrected chi connectivity index (χ2v) is 5.21. The van der Waals surface area contributed by atoms with Gasteiger partial charge in [0.05, 0.1) is 11.3 Å². The van der Waals surface area contributed by atoms with E-state index in [2.05, 4.69) is 5.32 Å². The lowest BCUT2D eigenvalue weighted by Gasteiger charge is -2.15. The first-order valence-corrected chi connectivity index (χ1v) is 6.77. The number of hydrogen-bond acceptors (Lipinski definition) is 2. The SMILES string of the molecule is Cc1cc(C)n(C)c(=O)c1C(=O)Nc1ccccc1C(F)(F)F. The van der Waals surface area contributed by atoms with Gasteiger partial charge in [-0.25, -0.2) is 0 Å². The molecule has 2 rings (SSSR count). The summed E-state index contributed by atoms with van der Waals surface area (Å²) in [5.41, 5.74) is -1.01. The van der Waals surface area contributed by atoms with Gasteiger partial charge >= 0.3 is 6.18 Å². The topological polar surface area (TPSA) is 51.1 Å². The van der Waals surface area contributed by atoms with Gasteiger partial charge in [-0.3, -0.25) is 9.59 Å². The quantitative estimate of drug-likeness (QED) is 0.922. The zero-order valence-electron chi connectivity index (χ0n) is 12.8. The van der Waals surface area contributed by atoms with Gasteiger partial charge in [0.15, 0.2) is 0 Å². The van der Waals surface area contributed by atoms with Crippen LogP contribution >= 0.6 is 0 Å². The first kappa shape index (κ1) is 16.8. The summed E-state index contributed by atoms with van der Waals surface area (Å²) in [6.45, 7) is 3.27. The molecule has 1 amide bonds. The molecule has 0 radical (unpaired) electrons. The Morgan fingerprint density at radius 2 is 1.78 bits per heavy atom. The fraction of sp³-hybridized carbons (Fsp3) is 0.250. The smallest absolute Gasteiger partial charge is 0.321 e. The maximum absolute atomic E-state index is 13.0. The normalized spacial score (nSPS) is 11.4. The number of pyridine rings is 1. The number of halogens is 3. The Morgan fingerprint density at radius 3 is 2.39 bits per heavy atom. The molecule has 0 bridgehead atoms. The van der Waals surface area contributed by atoms with E-state index in [1.807, 2.05) is 0 Å². The molecule has 0 unspecified atom stereocenters. The molecule has 1 aromatic carbocycles. The Bertz CT molecular complexity index is 823. The number of anilines is 1. The van der Waals surface area contributed by atoms with Crippen LogP contribution in [0.1, 0.15) is 27.2 Å². The molecule has 7 heteroatoms. The number of benzene rings is 1. The van der Waals surface area contributed by atoms with Gasteiger partial charge < -0.3 is 9.88 Å². The summed E-state index contributed by atoms with van der Waals surface area (Å²) in [7, 11) is 1.50. The number of para-hydroxylation sites is 1. The van der Waals surface area contributed by atoms with Crippen molar-refractivity contribution in [2.24, 2.45) is 7.05 Å². The summed E-state index contributed by atoms with van der Waals surface area (Å²) in [6, 6.07) is 6.26. The third-order valence-corrected chi connectivity index (χ3v) is 3.58. The maximum atomic E-state index is 13.0. The lowest BCUT2D eigenvalue weighted by atomic mass is 10.1. The predicted molar refractivity (Wildman–Crippen MR) is 80.6 cm³/mol.